The van der Waals surface area contributed by atoms with Gasteiger partial charge in [-0.05, 0) is 29.8 Å². The van der Waals surface area contributed by atoms with Crippen LogP contribution in [-0.4, -0.2) is 26.1 Å². The summed E-state index contributed by atoms with van der Waals surface area (Å²) < 4.78 is 1.76. The summed E-state index contributed by atoms with van der Waals surface area (Å²) in [5, 5.41) is 17.1. The van der Waals surface area contributed by atoms with E-state index in [-0.39, 0.29) is 5.56 Å². The Morgan fingerprint density at radius 2 is 2.00 bits per heavy atom. The maximum absolute atomic E-state index is 10.9. The van der Waals surface area contributed by atoms with Crippen molar-refractivity contribution >= 4 is 17.0 Å². The van der Waals surface area contributed by atoms with E-state index in [9.17, 15) is 4.79 Å². The number of aromatic carboxylic acids is 1. The molecule has 5 heteroatoms. The van der Waals surface area contributed by atoms with E-state index in [1.54, 1.807) is 22.9 Å². The molecule has 0 aliphatic rings. The van der Waals surface area contributed by atoms with E-state index in [0.717, 1.165) is 16.6 Å². The Kier molecular flexibility index (Phi) is 2.72. The van der Waals surface area contributed by atoms with Gasteiger partial charge in [0.05, 0.1) is 17.6 Å². The standard InChI is InChI=1S/C14H11N3O2/c18-14(19)11-5-3-4-10(8-11)9-17-13-7-2-1-6-12(13)15-16-17/h1-8H,9H2,(H,18,19). The highest BCUT2D eigenvalue weighted by Gasteiger charge is 2.06. The third kappa shape index (κ3) is 2.18. The van der Waals surface area contributed by atoms with Crippen LogP contribution in [0.2, 0.25) is 0 Å². The molecule has 0 atom stereocenters. The first-order valence-electron chi connectivity index (χ1n) is 5.84. The van der Waals surface area contributed by atoms with Gasteiger partial charge in [-0.2, -0.15) is 0 Å². The largest absolute Gasteiger partial charge is 0.478 e. The van der Waals surface area contributed by atoms with Crippen molar-refractivity contribution in [2.75, 3.05) is 0 Å². The molecule has 0 bridgehead atoms. The predicted molar refractivity (Wildman–Crippen MR) is 70.0 cm³/mol. The third-order valence-corrected chi connectivity index (χ3v) is 2.93. The number of nitrogens with zero attached hydrogens (tertiary/aromatic N) is 3. The number of rotatable bonds is 3. The van der Waals surface area contributed by atoms with Crippen molar-refractivity contribution in [1.29, 1.82) is 0 Å². The first kappa shape index (κ1) is 11.4. The van der Waals surface area contributed by atoms with Gasteiger partial charge < -0.3 is 5.11 Å². The number of carboxylic acid groups (broad SMARTS) is 1. The van der Waals surface area contributed by atoms with Crippen LogP contribution in [0.25, 0.3) is 11.0 Å². The number of para-hydroxylation sites is 1. The molecule has 5 nitrogen and oxygen atoms in total. The van der Waals surface area contributed by atoms with Crippen LogP contribution in [0, 0.1) is 0 Å². The van der Waals surface area contributed by atoms with E-state index in [2.05, 4.69) is 10.3 Å². The van der Waals surface area contributed by atoms with Crippen molar-refractivity contribution in [3.63, 3.8) is 0 Å². The lowest BCUT2D eigenvalue weighted by Crippen LogP contribution is -2.03. The second kappa shape index (κ2) is 4.53. The molecule has 2 aromatic carbocycles. The Morgan fingerprint density at radius 3 is 2.84 bits per heavy atom. The highest BCUT2D eigenvalue weighted by molar-refractivity contribution is 5.87. The van der Waals surface area contributed by atoms with Crippen molar-refractivity contribution in [1.82, 2.24) is 15.0 Å². The van der Waals surface area contributed by atoms with Crippen molar-refractivity contribution in [3.05, 3.63) is 59.7 Å². The van der Waals surface area contributed by atoms with Crippen LogP contribution in [0.15, 0.2) is 48.5 Å². The molecular weight excluding hydrogens is 242 g/mol. The van der Waals surface area contributed by atoms with Crippen LogP contribution in [-0.2, 0) is 6.54 Å². The molecule has 0 saturated carbocycles. The van der Waals surface area contributed by atoms with Crippen LogP contribution in [0.3, 0.4) is 0 Å². The van der Waals surface area contributed by atoms with Crippen LogP contribution in [0.4, 0.5) is 0 Å². The Labute approximate surface area is 109 Å². The molecule has 19 heavy (non-hydrogen) atoms. The number of hydrogen-bond donors (Lipinski definition) is 1. The maximum atomic E-state index is 10.9. The number of benzene rings is 2. The minimum absolute atomic E-state index is 0.280. The fourth-order valence-corrected chi connectivity index (χ4v) is 2.01. The summed E-state index contributed by atoms with van der Waals surface area (Å²) in [7, 11) is 0. The molecule has 0 fully saturated rings. The lowest BCUT2D eigenvalue weighted by atomic mass is 10.1. The zero-order chi connectivity index (χ0) is 13.2. The Bertz CT molecular complexity index is 749. The lowest BCUT2D eigenvalue weighted by Gasteiger charge is -2.03. The average Bonchev–Trinajstić information content (AvgIpc) is 2.83. The van der Waals surface area contributed by atoms with Gasteiger partial charge in [0.1, 0.15) is 5.52 Å². The van der Waals surface area contributed by atoms with Crippen LogP contribution < -0.4 is 0 Å². The molecule has 0 aliphatic heterocycles. The van der Waals surface area contributed by atoms with E-state index >= 15 is 0 Å². The normalized spacial score (nSPS) is 10.7. The van der Waals surface area contributed by atoms with Crippen LogP contribution in [0.5, 0.6) is 0 Å². The zero-order valence-corrected chi connectivity index (χ0v) is 10.0. The second-order valence-electron chi connectivity index (χ2n) is 4.24. The van der Waals surface area contributed by atoms with Gasteiger partial charge in [0.25, 0.3) is 0 Å². The molecule has 0 amide bonds. The molecule has 1 N–H and O–H groups in total. The smallest absolute Gasteiger partial charge is 0.335 e. The predicted octanol–water partition coefficient (Wildman–Crippen LogP) is 2.18. The Hall–Kier alpha value is -2.69. The van der Waals surface area contributed by atoms with Gasteiger partial charge in [-0.1, -0.05) is 29.5 Å². The SMILES string of the molecule is O=C(O)c1cccc(Cn2nnc3ccccc32)c1. The highest BCUT2D eigenvalue weighted by Crippen LogP contribution is 2.13. The van der Waals surface area contributed by atoms with Gasteiger partial charge in [0.2, 0.25) is 0 Å². The summed E-state index contributed by atoms with van der Waals surface area (Å²) in [4.78, 5) is 10.9. The minimum Gasteiger partial charge on any atom is -0.478 e. The summed E-state index contributed by atoms with van der Waals surface area (Å²) >= 11 is 0. The molecule has 1 aromatic heterocycles. The number of carbonyl (C=O) groups is 1. The van der Waals surface area contributed by atoms with Crippen molar-refractivity contribution in [3.8, 4) is 0 Å². The van der Waals surface area contributed by atoms with Gasteiger partial charge >= 0.3 is 5.97 Å². The molecule has 94 valence electrons. The van der Waals surface area contributed by atoms with Gasteiger partial charge in [-0.15, -0.1) is 5.10 Å². The molecule has 3 rings (SSSR count). The van der Waals surface area contributed by atoms with E-state index in [0.29, 0.717) is 6.54 Å². The van der Waals surface area contributed by atoms with Crippen LogP contribution >= 0.6 is 0 Å². The minimum atomic E-state index is -0.926. The van der Waals surface area contributed by atoms with Gasteiger partial charge in [-0.25, -0.2) is 9.48 Å². The third-order valence-electron chi connectivity index (χ3n) is 2.93. The molecule has 1 heterocycles. The van der Waals surface area contributed by atoms with E-state index in [4.69, 9.17) is 5.11 Å². The second-order valence-corrected chi connectivity index (χ2v) is 4.24. The molecule has 0 unspecified atom stereocenters. The molecule has 3 aromatic rings. The fraction of sp³-hybridized carbons (Fsp3) is 0.0714. The molecule has 0 radical (unpaired) electrons. The summed E-state index contributed by atoms with van der Waals surface area (Å²) in [6.07, 6.45) is 0. The van der Waals surface area contributed by atoms with Gasteiger partial charge in [0, 0.05) is 0 Å². The number of hydrogen-bond acceptors (Lipinski definition) is 3. The first-order valence-corrected chi connectivity index (χ1v) is 5.84. The summed E-state index contributed by atoms with van der Waals surface area (Å²) in [6, 6.07) is 14.5. The highest BCUT2D eigenvalue weighted by atomic mass is 16.4. The number of aromatic nitrogens is 3. The monoisotopic (exact) mass is 253 g/mol. The van der Waals surface area contributed by atoms with E-state index in [1.807, 2.05) is 30.3 Å². The molecule has 0 saturated heterocycles. The van der Waals surface area contributed by atoms with Gasteiger partial charge in [-0.3, -0.25) is 0 Å². The molecular formula is C14H11N3O2. The Balaban J connectivity index is 1.97. The molecule has 0 spiro atoms. The van der Waals surface area contributed by atoms with E-state index in [1.165, 1.54) is 0 Å². The van der Waals surface area contributed by atoms with Gasteiger partial charge in [0.15, 0.2) is 0 Å². The average molecular weight is 253 g/mol. The van der Waals surface area contributed by atoms with E-state index < -0.39 is 5.97 Å². The number of carboxylic acids is 1. The maximum Gasteiger partial charge on any atom is 0.335 e. The fourth-order valence-electron chi connectivity index (χ4n) is 2.01. The quantitative estimate of drug-likeness (QED) is 0.776. The van der Waals surface area contributed by atoms with Crippen LogP contribution in [0.1, 0.15) is 15.9 Å². The molecule has 0 aliphatic carbocycles. The zero-order valence-electron chi connectivity index (χ0n) is 10.0. The van der Waals surface area contributed by atoms with Crippen molar-refractivity contribution in [2.45, 2.75) is 6.54 Å². The van der Waals surface area contributed by atoms with Crippen molar-refractivity contribution < 1.29 is 9.90 Å². The summed E-state index contributed by atoms with van der Waals surface area (Å²) in [5.74, 6) is -0.926. The Morgan fingerprint density at radius 1 is 1.16 bits per heavy atom. The first-order chi connectivity index (χ1) is 9.24. The number of fused-ring (bicyclic) bond motifs is 1. The summed E-state index contributed by atoms with van der Waals surface area (Å²) in [5.41, 5.74) is 2.93. The lowest BCUT2D eigenvalue weighted by molar-refractivity contribution is 0.0696. The topological polar surface area (TPSA) is 68.0 Å². The summed E-state index contributed by atoms with van der Waals surface area (Å²) in [6.45, 7) is 0.502. The van der Waals surface area contributed by atoms with Crippen molar-refractivity contribution in [2.24, 2.45) is 0 Å².